The van der Waals surface area contributed by atoms with Crippen molar-refractivity contribution in [2.75, 3.05) is 12.3 Å². The number of hydrogen-bond donors (Lipinski definition) is 2. The molecule has 0 unspecified atom stereocenters. The Hall–Kier alpha value is -3.22. The lowest BCUT2D eigenvalue weighted by atomic mass is 9.97. The average Bonchev–Trinajstić information content (AvgIpc) is 2.59. The molecular formula is C18H19N3O4. The second kappa shape index (κ2) is 8.05. The number of aromatic carboxylic acids is 1. The Morgan fingerprint density at radius 1 is 1.08 bits per heavy atom. The van der Waals surface area contributed by atoms with Gasteiger partial charge in [0.05, 0.1) is 29.1 Å². The van der Waals surface area contributed by atoms with Gasteiger partial charge in [0.2, 0.25) is 0 Å². The van der Waals surface area contributed by atoms with Gasteiger partial charge in [-0.05, 0) is 49.2 Å². The van der Waals surface area contributed by atoms with E-state index in [1.54, 1.807) is 38.1 Å². The van der Waals surface area contributed by atoms with Crippen molar-refractivity contribution in [1.82, 2.24) is 0 Å². The number of hydrogen-bond acceptors (Lipinski definition) is 6. The van der Waals surface area contributed by atoms with Crippen LogP contribution in [0, 0.1) is 0 Å². The lowest BCUT2D eigenvalue weighted by molar-refractivity contribution is 0.0525. The van der Waals surface area contributed by atoms with Gasteiger partial charge in [-0.1, -0.05) is 13.0 Å². The Bertz CT molecular complexity index is 831. The highest BCUT2D eigenvalue weighted by molar-refractivity contribution is 5.98. The fourth-order valence-electron chi connectivity index (χ4n) is 2.38. The molecule has 7 nitrogen and oxygen atoms in total. The van der Waals surface area contributed by atoms with Crippen molar-refractivity contribution in [3.8, 4) is 0 Å². The molecule has 0 fully saturated rings. The molecule has 0 saturated carbocycles. The first-order valence-corrected chi connectivity index (χ1v) is 7.80. The first-order valence-electron chi connectivity index (χ1n) is 7.80. The van der Waals surface area contributed by atoms with E-state index in [1.165, 1.54) is 12.1 Å². The molecule has 0 radical (unpaired) electrons. The van der Waals surface area contributed by atoms with Crippen molar-refractivity contribution in [1.29, 1.82) is 0 Å². The van der Waals surface area contributed by atoms with E-state index in [0.717, 1.165) is 0 Å². The summed E-state index contributed by atoms with van der Waals surface area (Å²) in [6.45, 7) is 3.66. The summed E-state index contributed by atoms with van der Waals surface area (Å²) in [5.74, 6) is -1.72. The molecule has 0 spiro atoms. The van der Waals surface area contributed by atoms with Crippen LogP contribution in [0.3, 0.4) is 0 Å². The van der Waals surface area contributed by atoms with Crippen LogP contribution in [-0.2, 0) is 11.2 Å². The minimum atomic E-state index is -1.14. The monoisotopic (exact) mass is 341 g/mol. The van der Waals surface area contributed by atoms with E-state index in [0.29, 0.717) is 23.4 Å². The average molecular weight is 341 g/mol. The molecule has 25 heavy (non-hydrogen) atoms. The van der Waals surface area contributed by atoms with Gasteiger partial charge in [0, 0.05) is 5.69 Å². The number of nitrogens with zero attached hydrogens (tertiary/aromatic N) is 2. The first-order chi connectivity index (χ1) is 12.0. The van der Waals surface area contributed by atoms with Crippen molar-refractivity contribution in [3.63, 3.8) is 0 Å². The third-order valence-corrected chi connectivity index (χ3v) is 3.47. The van der Waals surface area contributed by atoms with Crippen molar-refractivity contribution in [2.24, 2.45) is 10.2 Å². The van der Waals surface area contributed by atoms with E-state index in [4.69, 9.17) is 10.5 Å². The van der Waals surface area contributed by atoms with Crippen molar-refractivity contribution in [3.05, 3.63) is 53.1 Å². The summed E-state index contributed by atoms with van der Waals surface area (Å²) < 4.78 is 5.02. The highest BCUT2D eigenvalue weighted by Gasteiger charge is 2.20. The van der Waals surface area contributed by atoms with Crippen LogP contribution in [0.2, 0.25) is 0 Å². The number of benzene rings is 2. The largest absolute Gasteiger partial charge is 0.478 e. The van der Waals surface area contributed by atoms with Crippen LogP contribution in [-0.4, -0.2) is 23.7 Å². The molecule has 2 aromatic rings. The predicted molar refractivity (Wildman–Crippen MR) is 93.8 cm³/mol. The molecule has 7 heteroatoms. The number of carboxylic acid groups (broad SMARTS) is 1. The van der Waals surface area contributed by atoms with Gasteiger partial charge in [-0.3, -0.25) is 0 Å². The normalized spacial score (nSPS) is 10.8. The number of rotatable bonds is 6. The summed E-state index contributed by atoms with van der Waals surface area (Å²) in [4.78, 5) is 23.7. The lowest BCUT2D eigenvalue weighted by Gasteiger charge is -2.11. The van der Waals surface area contributed by atoms with Crippen LogP contribution >= 0.6 is 0 Å². The molecule has 0 bridgehead atoms. The van der Waals surface area contributed by atoms with Crippen molar-refractivity contribution >= 4 is 29.0 Å². The number of ether oxygens (including phenoxy) is 1. The summed E-state index contributed by atoms with van der Waals surface area (Å²) in [6, 6.07) is 9.67. The SMILES string of the molecule is CCOC(=O)c1cc(N=Nc2cccc(N)c2)cc(C(=O)O)c1CC. The molecule has 0 aliphatic carbocycles. The van der Waals surface area contributed by atoms with E-state index in [2.05, 4.69) is 10.2 Å². The molecule has 0 heterocycles. The summed E-state index contributed by atoms with van der Waals surface area (Å²) in [6.07, 6.45) is 0.377. The van der Waals surface area contributed by atoms with Crippen LogP contribution in [0.5, 0.6) is 0 Å². The van der Waals surface area contributed by atoms with E-state index < -0.39 is 11.9 Å². The zero-order chi connectivity index (χ0) is 18.4. The van der Waals surface area contributed by atoms with Gasteiger partial charge in [-0.25, -0.2) is 9.59 Å². The Morgan fingerprint density at radius 2 is 1.76 bits per heavy atom. The smallest absolute Gasteiger partial charge is 0.338 e. The van der Waals surface area contributed by atoms with Gasteiger partial charge in [-0.15, -0.1) is 0 Å². The van der Waals surface area contributed by atoms with Gasteiger partial charge in [0.15, 0.2) is 0 Å². The van der Waals surface area contributed by atoms with Crippen LogP contribution in [0.15, 0.2) is 46.6 Å². The minimum absolute atomic E-state index is 0.00887. The molecule has 0 atom stereocenters. The number of anilines is 1. The molecule has 0 saturated heterocycles. The van der Waals surface area contributed by atoms with E-state index >= 15 is 0 Å². The predicted octanol–water partition coefficient (Wildman–Crippen LogP) is 4.12. The number of carboxylic acids is 1. The van der Waals surface area contributed by atoms with Crippen molar-refractivity contribution in [2.45, 2.75) is 20.3 Å². The molecule has 2 aromatic carbocycles. The maximum Gasteiger partial charge on any atom is 0.338 e. The molecule has 0 amide bonds. The molecule has 0 aliphatic heterocycles. The quantitative estimate of drug-likeness (QED) is 0.466. The van der Waals surface area contributed by atoms with Crippen LogP contribution in [0.4, 0.5) is 17.1 Å². The standard InChI is InChI=1S/C18H19N3O4/c1-3-14-15(17(22)23)9-13(10-16(14)18(24)25-4-2)21-20-12-7-5-6-11(19)8-12/h5-10H,3-4,19H2,1-2H3,(H,22,23). The first kappa shape index (κ1) is 18.1. The summed E-state index contributed by atoms with van der Waals surface area (Å²) >= 11 is 0. The molecule has 130 valence electrons. The zero-order valence-corrected chi connectivity index (χ0v) is 14.0. The molecular weight excluding hydrogens is 322 g/mol. The third-order valence-electron chi connectivity index (χ3n) is 3.47. The van der Waals surface area contributed by atoms with Gasteiger partial charge in [-0.2, -0.15) is 10.2 Å². The number of carbonyl (C=O) groups excluding carboxylic acids is 1. The Kier molecular flexibility index (Phi) is 5.84. The van der Waals surface area contributed by atoms with Crippen LogP contribution in [0.1, 0.15) is 40.1 Å². The zero-order valence-electron chi connectivity index (χ0n) is 14.0. The molecule has 0 aromatic heterocycles. The third kappa shape index (κ3) is 4.41. The Balaban J connectivity index is 2.51. The second-order valence-electron chi connectivity index (χ2n) is 5.19. The maximum absolute atomic E-state index is 12.2. The fraction of sp³-hybridized carbons (Fsp3) is 0.222. The minimum Gasteiger partial charge on any atom is -0.478 e. The van der Waals surface area contributed by atoms with Gasteiger partial charge >= 0.3 is 11.9 Å². The van der Waals surface area contributed by atoms with E-state index in [1.807, 2.05) is 0 Å². The topological polar surface area (TPSA) is 114 Å². The molecule has 2 rings (SSSR count). The van der Waals surface area contributed by atoms with Gasteiger partial charge in [0.1, 0.15) is 0 Å². The second-order valence-corrected chi connectivity index (χ2v) is 5.19. The van der Waals surface area contributed by atoms with Crippen molar-refractivity contribution < 1.29 is 19.4 Å². The molecule has 0 aliphatic rings. The van der Waals surface area contributed by atoms with Gasteiger partial charge in [0.25, 0.3) is 0 Å². The van der Waals surface area contributed by atoms with E-state index in [9.17, 15) is 14.7 Å². The maximum atomic E-state index is 12.2. The number of nitrogens with two attached hydrogens (primary N) is 1. The lowest BCUT2D eigenvalue weighted by Crippen LogP contribution is -2.12. The molecule has 3 N–H and O–H groups in total. The number of carbonyl (C=O) groups is 2. The summed E-state index contributed by atoms with van der Waals surface area (Å²) in [5, 5.41) is 17.5. The number of azo groups is 1. The van der Waals surface area contributed by atoms with Crippen LogP contribution in [0.25, 0.3) is 0 Å². The fourth-order valence-corrected chi connectivity index (χ4v) is 2.38. The Morgan fingerprint density at radius 3 is 2.36 bits per heavy atom. The highest BCUT2D eigenvalue weighted by Crippen LogP contribution is 2.27. The summed E-state index contributed by atoms with van der Waals surface area (Å²) in [7, 11) is 0. The van der Waals surface area contributed by atoms with E-state index in [-0.39, 0.29) is 23.4 Å². The highest BCUT2D eigenvalue weighted by atomic mass is 16.5. The number of esters is 1. The van der Waals surface area contributed by atoms with Gasteiger partial charge < -0.3 is 15.6 Å². The van der Waals surface area contributed by atoms with Crippen LogP contribution < -0.4 is 5.73 Å². The Labute approximate surface area is 145 Å². The summed E-state index contributed by atoms with van der Waals surface area (Å²) in [5.41, 5.74) is 7.60. The number of nitrogen functional groups attached to an aromatic ring is 1.